The van der Waals surface area contributed by atoms with Crippen LogP contribution in [-0.4, -0.2) is 47.2 Å². The first-order valence-electron chi connectivity index (χ1n) is 4.74. The fourth-order valence-corrected chi connectivity index (χ4v) is 1.67. The smallest absolute Gasteiger partial charge is 0.252 e. The lowest BCUT2D eigenvalue weighted by Crippen LogP contribution is -2.45. The second kappa shape index (κ2) is 3.53. The zero-order chi connectivity index (χ0) is 11.1. The molecule has 0 bridgehead atoms. The Balaban J connectivity index is 2.32. The molecular weight excluding hydrogens is 210 g/mol. The second-order valence-corrected chi connectivity index (χ2v) is 4.36. The van der Waals surface area contributed by atoms with Crippen molar-refractivity contribution < 1.29 is 0 Å². The van der Waals surface area contributed by atoms with E-state index < -0.39 is 5.12 Å². The molecule has 2 aliphatic rings. The summed E-state index contributed by atoms with van der Waals surface area (Å²) in [5.41, 5.74) is 0.705. The SMILES string of the molecule is CC(C)N(C)C1(S)N=CC2=NC=NC2=N1. The minimum Gasteiger partial charge on any atom is -0.252 e. The number of nitrogens with zero attached hydrogens (tertiary/aromatic N) is 5. The maximum Gasteiger partial charge on any atom is 0.256 e. The van der Waals surface area contributed by atoms with Gasteiger partial charge in [-0.25, -0.2) is 20.0 Å². The molecule has 0 aromatic heterocycles. The number of fused-ring (bicyclic) bond motifs is 1. The summed E-state index contributed by atoms with van der Waals surface area (Å²) in [5, 5.41) is -0.857. The van der Waals surface area contributed by atoms with Crippen LogP contribution in [0, 0.1) is 0 Å². The van der Waals surface area contributed by atoms with Crippen LogP contribution in [0.25, 0.3) is 0 Å². The van der Waals surface area contributed by atoms with Crippen LogP contribution in [0.15, 0.2) is 20.0 Å². The van der Waals surface area contributed by atoms with Crippen LogP contribution in [0.5, 0.6) is 0 Å². The Kier molecular flexibility index (Phi) is 2.47. The molecular formula is C9H13N5S. The van der Waals surface area contributed by atoms with Crippen molar-refractivity contribution >= 4 is 36.7 Å². The monoisotopic (exact) mass is 223 g/mol. The van der Waals surface area contributed by atoms with Crippen molar-refractivity contribution in [3.05, 3.63) is 0 Å². The molecule has 1 atom stereocenters. The van der Waals surface area contributed by atoms with E-state index in [1.165, 1.54) is 6.34 Å². The minimum atomic E-state index is -0.857. The van der Waals surface area contributed by atoms with Gasteiger partial charge < -0.3 is 0 Å². The van der Waals surface area contributed by atoms with Gasteiger partial charge in [0.1, 0.15) is 12.1 Å². The highest BCUT2D eigenvalue weighted by Gasteiger charge is 2.35. The fraction of sp³-hybridized carbons (Fsp3) is 0.556. The van der Waals surface area contributed by atoms with E-state index in [1.54, 1.807) is 6.21 Å². The average molecular weight is 223 g/mol. The normalized spacial score (nSPS) is 28.4. The third kappa shape index (κ3) is 1.74. The minimum absolute atomic E-state index is 0.299. The molecule has 0 N–H and O–H groups in total. The summed E-state index contributed by atoms with van der Waals surface area (Å²) in [6, 6.07) is 0.299. The maximum atomic E-state index is 4.48. The van der Waals surface area contributed by atoms with Crippen molar-refractivity contribution in [3.8, 4) is 0 Å². The van der Waals surface area contributed by atoms with Gasteiger partial charge in [0.15, 0.2) is 5.84 Å². The van der Waals surface area contributed by atoms with E-state index in [0.29, 0.717) is 17.6 Å². The molecule has 0 aromatic rings. The molecule has 6 heteroatoms. The summed E-state index contributed by atoms with van der Waals surface area (Å²) in [4.78, 5) is 18.7. The Labute approximate surface area is 94.1 Å². The molecule has 80 valence electrons. The zero-order valence-electron chi connectivity index (χ0n) is 8.92. The van der Waals surface area contributed by atoms with E-state index in [1.807, 2.05) is 11.9 Å². The summed E-state index contributed by atoms with van der Waals surface area (Å²) < 4.78 is 0. The van der Waals surface area contributed by atoms with Crippen molar-refractivity contribution in [2.24, 2.45) is 20.0 Å². The number of amidine groups is 1. The van der Waals surface area contributed by atoms with Crippen molar-refractivity contribution in [1.82, 2.24) is 4.90 Å². The maximum absolute atomic E-state index is 4.48. The molecule has 2 aliphatic heterocycles. The summed E-state index contributed by atoms with van der Waals surface area (Å²) >= 11 is 4.48. The van der Waals surface area contributed by atoms with Crippen molar-refractivity contribution in [3.63, 3.8) is 0 Å². The molecule has 0 amide bonds. The molecule has 0 aliphatic carbocycles. The average Bonchev–Trinajstić information content (AvgIpc) is 2.63. The van der Waals surface area contributed by atoms with E-state index >= 15 is 0 Å². The Morgan fingerprint density at radius 3 is 2.87 bits per heavy atom. The van der Waals surface area contributed by atoms with Gasteiger partial charge >= 0.3 is 0 Å². The van der Waals surface area contributed by atoms with Crippen LogP contribution >= 0.6 is 12.6 Å². The predicted molar refractivity (Wildman–Crippen MR) is 66.5 cm³/mol. The Morgan fingerprint density at radius 1 is 1.47 bits per heavy atom. The molecule has 2 heterocycles. The predicted octanol–water partition coefficient (Wildman–Crippen LogP) is 0.834. The van der Waals surface area contributed by atoms with Gasteiger partial charge in [-0.1, -0.05) is 0 Å². The van der Waals surface area contributed by atoms with E-state index in [9.17, 15) is 0 Å². The number of thiol groups is 1. The number of hydrogen-bond donors (Lipinski definition) is 1. The molecule has 0 saturated carbocycles. The van der Waals surface area contributed by atoms with Crippen LogP contribution in [0.2, 0.25) is 0 Å². The van der Waals surface area contributed by atoms with Crippen LogP contribution in [0.3, 0.4) is 0 Å². The topological polar surface area (TPSA) is 52.7 Å². The summed E-state index contributed by atoms with van der Waals surface area (Å²) in [5.74, 6) is 0.604. The molecule has 0 radical (unpaired) electrons. The summed E-state index contributed by atoms with van der Waals surface area (Å²) in [7, 11) is 1.93. The lowest BCUT2D eigenvalue weighted by molar-refractivity contribution is 0.182. The molecule has 2 rings (SSSR count). The van der Waals surface area contributed by atoms with Gasteiger partial charge in [0.05, 0.1) is 6.21 Å². The number of hydrogen-bond acceptors (Lipinski definition) is 6. The van der Waals surface area contributed by atoms with Gasteiger partial charge in [0.25, 0.3) is 5.12 Å². The van der Waals surface area contributed by atoms with Crippen molar-refractivity contribution in [2.75, 3.05) is 7.05 Å². The standard InChI is InChI=1S/C9H13N5S/c1-6(2)14(3)9(15)12-4-7-8(13-9)11-5-10-7/h4-6,15H,1-3H3. The lowest BCUT2D eigenvalue weighted by atomic mass is 10.3. The first-order valence-corrected chi connectivity index (χ1v) is 5.19. The molecule has 1 unspecified atom stereocenters. The van der Waals surface area contributed by atoms with E-state index in [0.717, 1.165) is 0 Å². The second-order valence-electron chi connectivity index (χ2n) is 3.76. The highest BCUT2D eigenvalue weighted by molar-refractivity contribution is 7.81. The first-order chi connectivity index (χ1) is 7.03. The first kappa shape index (κ1) is 10.5. The van der Waals surface area contributed by atoms with Crippen LogP contribution < -0.4 is 0 Å². The molecule has 5 nitrogen and oxygen atoms in total. The van der Waals surface area contributed by atoms with Crippen LogP contribution in [-0.2, 0) is 0 Å². The van der Waals surface area contributed by atoms with Gasteiger partial charge in [-0.15, -0.1) is 12.6 Å². The summed E-state index contributed by atoms with van der Waals surface area (Å²) in [6.07, 6.45) is 3.15. The van der Waals surface area contributed by atoms with Crippen LogP contribution in [0.1, 0.15) is 13.8 Å². The fourth-order valence-electron chi connectivity index (χ4n) is 1.28. The molecule has 0 aromatic carbocycles. The van der Waals surface area contributed by atoms with Gasteiger partial charge in [-0.2, -0.15) is 0 Å². The Morgan fingerprint density at radius 2 is 2.20 bits per heavy atom. The lowest BCUT2D eigenvalue weighted by Gasteiger charge is -2.34. The Hall–Kier alpha value is -1.01. The molecule has 0 spiro atoms. The summed E-state index contributed by atoms with van der Waals surface area (Å²) in [6.45, 7) is 4.13. The van der Waals surface area contributed by atoms with Crippen LogP contribution in [0.4, 0.5) is 0 Å². The Bertz CT molecular complexity index is 395. The molecule has 0 saturated heterocycles. The largest absolute Gasteiger partial charge is 0.256 e. The number of aliphatic imine (C=N–C) groups is 4. The molecule has 15 heavy (non-hydrogen) atoms. The van der Waals surface area contributed by atoms with E-state index in [-0.39, 0.29) is 0 Å². The highest BCUT2D eigenvalue weighted by Crippen LogP contribution is 2.27. The number of rotatable bonds is 2. The van der Waals surface area contributed by atoms with Crippen molar-refractivity contribution in [2.45, 2.75) is 25.0 Å². The van der Waals surface area contributed by atoms with Gasteiger partial charge in [-0.05, 0) is 20.9 Å². The van der Waals surface area contributed by atoms with E-state index in [4.69, 9.17) is 0 Å². The van der Waals surface area contributed by atoms with Gasteiger partial charge in [0.2, 0.25) is 0 Å². The van der Waals surface area contributed by atoms with Crippen molar-refractivity contribution in [1.29, 1.82) is 0 Å². The quantitative estimate of drug-likeness (QED) is 0.547. The third-order valence-corrected chi connectivity index (χ3v) is 3.00. The van der Waals surface area contributed by atoms with E-state index in [2.05, 4.69) is 46.4 Å². The zero-order valence-corrected chi connectivity index (χ0v) is 9.81. The molecule has 0 fully saturated rings. The third-order valence-electron chi connectivity index (χ3n) is 2.47. The highest BCUT2D eigenvalue weighted by atomic mass is 32.1. The van der Waals surface area contributed by atoms with Gasteiger partial charge in [-0.3, -0.25) is 4.90 Å². The van der Waals surface area contributed by atoms with Gasteiger partial charge in [0, 0.05) is 6.04 Å².